The number of benzene rings is 1. The van der Waals surface area contributed by atoms with E-state index < -0.39 is 9.84 Å². The van der Waals surface area contributed by atoms with Gasteiger partial charge in [0.25, 0.3) is 0 Å². The number of nitrogens with zero attached hydrogens (tertiary/aromatic N) is 1. The average Bonchev–Trinajstić information content (AvgIpc) is 2.78. The second-order valence-corrected chi connectivity index (χ2v) is 5.86. The number of nitrogen functional groups attached to an aromatic ring is 1. The minimum absolute atomic E-state index is 0.0323. The van der Waals surface area contributed by atoms with Gasteiger partial charge < -0.3 is 5.73 Å². The van der Waals surface area contributed by atoms with E-state index in [0.29, 0.717) is 11.3 Å². The zero-order valence-electron chi connectivity index (χ0n) is 9.34. The third-order valence-corrected chi connectivity index (χ3v) is 4.19. The molecule has 3 N–H and O–H groups in total. The lowest BCUT2D eigenvalue weighted by atomic mass is 10.1. The molecule has 5 nitrogen and oxygen atoms in total. The maximum Gasteiger partial charge on any atom is 0.195 e. The van der Waals surface area contributed by atoms with Gasteiger partial charge in [0.15, 0.2) is 14.9 Å². The van der Waals surface area contributed by atoms with Crippen molar-refractivity contribution < 1.29 is 8.42 Å². The highest BCUT2D eigenvalue weighted by molar-refractivity contribution is 7.91. The molecule has 0 bridgehead atoms. The number of hydrogen-bond acceptors (Lipinski definition) is 4. The standard InChI is InChI=1S/C11H13N3O2S/c1-2-17(15,16)11-10(7-13-14-11)8-4-3-5-9(12)6-8/h3-7H,2,12H2,1H3,(H,13,14). The SMILES string of the molecule is CCS(=O)(=O)c1[nH]ncc1-c1cccc(N)c1. The quantitative estimate of drug-likeness (QED) is 0.808. The highest BCUT2D eigenvalue weighted by atomic mass is 32.2. The number of anilines is 1. The van der Waals surface area contributed by atoms with Crippen LogP contribution in [0, 0.1) is 0 Å². The molecule has 6 heteroatoms. The summed E-state index contributed by atoms with van der Waals surface area (Å²) in [4.78, 5) is 0. The van der Waals surface area contributed by atoms with E-state index >= 15 is 0 Å². The van der Waals surface area contributed by atoms with Gasteiger partial charge in [-0.05, 0) is 17.7 Å². The predicted molar refractivity (Wildman–Crippen MR) is 66.2 cm³/mol. The molecule has 90 valence electrons. The van der Waals surface area contributed by atoms with E-state index in [-0.39, 0.29) is 10.8 Å². The highest BCUT2D eigenvalue weighted by Gasteiger charge is 2.19. The van der Waals surface area contributed by atoms with Crippen LogP contribution in [0.4, 0.5) is 5.69 Å². The van der Waals surface area contributed by atoms with Gasteiger partial charge in [0.05, 0.1) is 11.9 Å². The first-order valence-corrected chi connectivity index (χ1v) is 6.82. The van der Waals surface area contributed by atoms with E-state index in [9.17, 15) is 8.42 Å². The van der Waals surface area contributed by atoms with Crippen molar-refractivity contribution in [3.63, 3.8) is 0 Å². The van der Waals surface area contributed by atoms with E-state index in [1.54, 1.807) is 31.2 Å². The largest absolute Gasteiger partial charge is 0.399 e. The highest BCUT2D eigenvalue weighted by Crippen LogP contribution is 2.27. The molecule has 0 aliphatic rings. The summed E-state index contributed by atoms with van der Waals surface area (Å²) in [5.74, 6) is 0.0323. The van der Waals surface area contributed by atoms with Crippen LogP contribution < -0.4 is 5.73 Å². The van der Waals surface area contributed by atoms with Crippen LogP contribution in [-0.2, 0) is 9.84 Å². The van der Waals surface area contributed by atoms with E-state index in [0.717, 1.165) is 5.56 Å². The molecule has 2 rings (SSSR count). The van der Waals surface area contributed by atoms with Gasteiger partial charge in [-0.25, -0.2) is 8.42 Å². The van der Waals surface area contributed by atoms with Crippen LogP contribution in [0.15, 0.2) is 35.5 Å². The zero-order chi connectivity index (χ0) is 12.5. The predicted octanol–water partition coefficient (Wildman–Crippen LogP) is 1.45. The molecule has 0 fully saturated rings. The Bertz CT molecular complexity index is 632. The first-order chi connectivity index (χ1) is 8.04. The third-order valence-electron chi connectivity index (χ3n) is 2.49. The molecule has 0 aliphatic heterocycles. The Morgan fingerprint density at radius 3 is 2.82 bits per heavy atom. The Morgan fingerprint density at radius 1 is 1.41 bits per heavy atom. The number of sulfone groups is 1. The summed E-state index contributed by atoms with van der Waals surface area (Å²) in [6, 6.07) is 7.05. The number of aromatic amines is 1. The summed E-state index contributed by atoms with van der Waals surface area (Å²) >= 11 is 0. The van der Waals surface area contributed by atoms with Crippen molar-refractivity contribution >= 4 is 15.5 Å². The van der Waals surface area contributed by atoms with Crippen LogP contribution in [-0.4, -0.2) is 24.4 Å². The summed E-state index contributed by atoms with van der Waals surface area (Å²) in [6.45, 7) is 1.60. The summed E-state index contributed by atoms with van der Waals surface area (Å²) in [7, 11) is -3.31. The first kappa shape index (κ1) is 11.7. The fourth-order valence-corrected chi connectivity index (χ4v) is 2.55. The normalized spacial score (nSPS) is 11.6. The fourth-order valence-electron chi connectivity index (χ4n) is 1.57. The summed E-state index contributed by atoms with van der Waals surface area (Å²) in [6.07, 6.45) is 1.50. The van der Waals surface area contributed by atoms with E-state index in [2.05, 4.69) is 10.2 Å². The van der Waals surface area contributed by atoms with Gasteiger partial charge in [-0.15, -0.1) is 0 Å². The number of nitrogens with two attached hydrogens (primary N) is 1. The lowest BCUT2D eigenvalue weighted by molar-refractivity contribution is 0.593. The molecule has 0 aliphatic carbocycles. The molecule has 1 aromatic heterocycles. The van der Waals surface area contributed by atoms with Crippen molar-refractivity contribution in [2.24, 2.45) is 0 Å². The van der Waals surface area contributed by atoms with Gasteiger partial charge in [0, 0.05) is 11.3 Å². The van der Waals surface area contributed by atoms with Crippen molar-refractivity contribution in [2.45, 2.75) is 11.9 Å². The molecule has 2 aromatic rings. The molecule has 0 radical (unpaired) electrons. The molecule has 17 heavy (non-hydrogen) atoms. The van der Waals surface area contributed by atoms with Crippen molar-refractivity contribution in [3.05, 3.63) is 30.5 Å². The molecular weight excluding hydrogens is 238 g/mol. The molecule has 0 spiro atoms. The monoisotopic (exact) mass is 251 g/mol. The molecule has 1 heterocycles. The number of aromatic nitrogens is 2. The lowest BCUT2D eigenvalue weighted by Crippen LogP contribution is -2.05. The molecule has 0 saturated heterocycles. The van der Waals surface area contributed by atoms with Gasteiger partial charge in [-0.2, -0.15) is 5.10 Å². The number of H-pyrrole nitrogens is 1. The Morgan fingerprint density at radius 2 is 2.18 bits per heavy atom. The summed E-state index contributed by atoms with van der Waals surface area (Å²) < 4.78 is 23.7. The van der Waals surface area contributed by atoms with Crippen molar-refractivity contribution in [1.29, 1.82) is 0 Å². The van der Waals surface area contributed by atoms with E-state index in [1.807, 2.05) is 0 Å². The van der Waals surface area contributed by atoms with E-state index in [1.165, 1.54) is 6.20 Å². The Kier molecular flexibility index (Phi) is 2.89. The Labute approximate surface area is 99.6 Å². The molecule has 0 saturated carbocycles. The smallest absolute Gasteiger partial charge is 0.195 e. The Balaban J connectivity index is 2.59. The van der Waals surface area contributed by atoms with Crippen LogP contribution in [0.1, 0.15) is 6.92 Å². The van der Waals surface area contributed by atoms with Crippen LogP contribution in [0.25, 0.3) is 11.1 Å². The average molecular weight is 251 g/mol. The van der Waals surface area contributed by atoms with Crippen molar-refractivity contribution in [2.75, 3.05) is 11.5 Å². The van der Waals surface area contributed by atoms with Crippen molar-refractivity contribution in [3.8, 4) is 11.1 Å². The maximum absolute atomic E-state index is 11.8. The van der Waals surface area contributed by atoms with Crippen LogP contribution in [0.2, 0.25) is 0 Å². The van der Waals surface area contributed by atoms with Gasteiger partial charge in [0.2, 0.25) is 0 Å². The second kappa shape index (κ2) is 4.21. The maximum atomic E-state index is 11.8. The number of nitrogens with one attached hydrogen (secondary N) is 1. The van der Waals surface area contributed by atoms with Gasteiger partial charge in [-0.3, -0.25) is 5.10 Å². The minimum Gasteiger partial charge on any atom is -0.399 e. The van der Waals surface area contributed by atoms with Gasteiger partial charge in [0.1, 0.15) is 0 Å². The molecule has 0 unspecified atom stereocenters. The van der Waals surface area contributed by atoms with Crippen LogP contribution in [0.5, 0.6) is 0 Å². The third kappa shape index (κ3) is 2.16. The summed E-state index contributed by atoms with van der Waals surface area (Å²) in [5, 5.41) is 6.48. The lowest BCUT2D eigenvalue weighted by Gasteiger charge is -2.03. The van der Waals surface area contributed by atoms with Gasteiger partial charge in [-0.1, -0.05) is 19.1 Å². The topological polar surface area (TPSA) is 88.8 Å². The molecule has 0 amide bonds. The van der Waals surface area contributed by atoms with Gasteiger partial charge >= 0.3 is 0 Å². The number of hydrogen-bond donors (Lipinski definition) is 2. The second-order valence-electron chi connectivity index (χ2n) is 3.64. The molecule has 1 aromatic carbocycles. The molecule has 0 atom stereocenters. The first-order valence-electron chi connectivity index (χ1n) is 5.16. The van der Waals surface area contributed by atoms with Crippen molar-refractivity contribution in [1.82, 2.24) is 10.2 Å². The summed E-state index contributed by atoms with van der Waals surface area (Å²) in [5.41, 5.74) is 7.56. The Hall–Kier alpha value is -1.82. The van der Waals surface area contributed by atoms with E-state index in [4.69, 9.17) is 5.73 Å². The number of rotatable bonds is 3. The van der Waals surface area contributed by atoms with Crippen LogP contribution in [0.3, 0.4) is 0 Å². The fraction of sp³-hybridized carbons (Fsp3) is 0.182. The van der Waals surface area contributed by atoms with Crippen LogP contribution >= 0.6 is 0 Å². The minimum atomic E-state index is -3.31. The zero-order valence-corrected chi connectivity index (χ0v) is 10.2. The molecular formula is C11H13N3O2S.